The van der Waals surface area contributed by atoms with E-state index >= 15 is 0 Å². The average Bonchev–Trinajstić information content (AvgIpc) is 2.75. The van der Waals surface area contributed by atoms with E-state index in [1.54, 1.807) is 0 Å². The first-order chi connectivity index (χ1) is 9.06. The van der Waals surface area contributed by atoms with Crippen LogP contribution in [0.4, 0.5) is 0 Å². The SMILES string of the molecule is C[C@H](NC(=O)Cn1cn[nH]c1=O)c1cccc(Br)c1. The highest BCUT2D eigenvalue weighted by molar-refractivity contribution is 9.10. The molecule has 0 radical (unpaired) electrons. The second kappa shape index (κ2) is 5.83. The molecule has 100 valence electrons. The van der Waals surface area contributed by atoms with Crippen molar-refractivity contribution in [1.82, 2.24) is 20.1 Å². The zero-order valence-electron chi connectivity index (χ0n) is 10.3. The van der Waals surface area contributed by atoms with Gasteiger partial charge in [0.25, 0.3) is 0 Å². The zero-order chi connectivity index (χ0) is 13.8. The monoisotopic (exact) mass is 324 g/mol. The minimum absolute atomic E-state index is 0.0479. The lowest BCUT2D eigenvalue weighted by molar-refractivity contribution is -0.122. The highest BCUT2D eigenvalue weighted by atomic mass is 79.9. The molecular formula is C12H13BrN4O2. The molecule has 2 rings (SSSR count). The quantitative estimate of drug-likeness (QED) is 0.887. The van der Waals surface area contributed by atoms with Gasteiger partial charge in [-0.3, -0.25) is 9.36 Å². The van der Waals surface area contributed by atoms with Crippen molar-refractivity contribution in [3.8, 4) is 0 Å². The first kappa shape index (κ1) is 13.5. The van der Waals surface area contributed by atoms with Gasteiger partial charge >= 0.3 is 5.69 Å². The third kappa shape index (κ3) is 3.54. The predicted molar refractivity (Wildman–Crippen MR) is 73.5 cm³/mol. The molecule has 1 amide bonds. The molecular weight excluding hydrogens is 312 g/mol. The van der Waals surface area contributed by atoms with Gasteiger partial charge in [0.1, 0.15) is 12.9 Å². The van der Waals surface area contributed by atoms with Crippen LogP contribution in [0, 0.1) is 0 Å². The molecule has 0 unspecified atom stereocenters. The summed E-state index contributed by atoms with van der Waals surface area (Å²) in [6.45, 7) is 1.84. The van der Waals surface area contributed by atoms with Crippen LogP contribution in [-0.4, -0.2) is 20.7 Å². The van der Waals surface area contributed by atoms with Crippen molar-refractivity contribution in [2.45, 2.75) is 19.5 Å². The van der Waals surface area contributed by atoms with E-state index in [2.05, 4.69) is 31.4 Å². The van der Waals surface area contributed by atoms with Crippen molar-refractivity contribution >= 4 is 21.8 Å². The molecule has 6 nitrogen and oxygen atoms in total. The Morgan fingerprint density at radius 2 is 2.37 bits per heavy atom. The normalized spacial score (nSPS) is 12.1. The lowest BCUT2D eigenvalue weighted by atomic mass is 10.1. The highest BCUT2D eigenvalue weighted by Gasteiger charge is 2.11. The van der Waals surface area contributed by atoms with Gasteiger partial charge in [0.2, 0.25) is 5.91 Å². The summed E-state index contributed by atoms with van der Waals surface area (Å²) in [5, 5.41) is 8.63. The van der Waals surface area contributed by atoms with Gasteiger partial charge in [0.05, 0.1) is 6.04 Å². The maximum absolute atomic E-state index is 11.8. The van der Waals surface area contributed by atoms with Crippen LogP contribution in [0.1, 0.15) is 18.5 Å². The minimum Gasteiger partial charge on any atom is -0.348 e. The van der Waals surface area contributed by atoms with Crippen LogP contribution >= 0.6 is 15.9 Å². The summed E-state index contributed by atoms with van der Waals surface area (Å²) >= 11 is 3.38. The molecule has 0 saturated heterocycles. The van der Waals surface area contributed by atoms with Crippen LogP contribution in [-0.2, 0) is 11.3 Å². The van der Waals surface area contributed by atoms with Crippen LogP contribution in [0.5, 0.6) is 0 Å². The Bertz CT molecular complexity index is 634. The summed E-state index contributed by atoms with van der Waals surface area (Å²) in [5.74, 6) is -0.240. The fraction of sp³-hybridized carbons (Fsp3) is 0.250. The molecule has 0 aliphatic rings. The lowest BCUT2D eigenvalue weighted by Crippen LogP contribution is -2.32. The van der Waals surface area contributed by atoms with Gasteiger partial charge in [0, 0.05) is 4.47 Å². The molecule has 1 aromatic carbocycles. The van der Waals surface area contributed by atoms with Gasteiger partial charge in [-0.25, -0.2) is 9.89 Å². The minimum atomic E-state index is -0.398. The summed E-state index contributed by atoms with van der Waals surface area (Å²) in [6, 6.07) is 7.56. The number of nitrogens with one attached hydrogen (secondary N) is 2. The number of halogens is 1. The molecule has 1 heterocycles. The Kier molecular flexibility index (Phi) is 4.16. The fourth-order valence-electron chi connectivity index (χ4n) is 1.68. The third-order valence-electron chi connectivity index (χ3n) is 2.66. The summed E-state index contributed by atoms with van der Waals surface area (Å²) in [6.07, 6.45) is 1.30. The van der Waals surface area contributed by atoms with E-state index < -0.39 is 5.69 Å². The topological polar surface area (TPSA) is 79.8 Å². The maximum Gasteiger partial charge on any atom is 0.343 e. The van der Waals surface area contributed by atoms with E-state index in [-0.39, 0.29) is 18.5 Å². The van der Waals surface area contributed by atoms with E-state index in [0.29, 0.717) is 0 Å². The molecule has 1 atom stereocenters. The molecule has 0 bridgehead atoms. The molecule has 0 spiro atoms. The number of benzene rings is 1. The molecule has 19 heavy (non-hydrogen) atoms. The van der Waals surface area contributed by atoms with Gasteiger partial charge in [-0.1, -0.05) is 28.1 Å². The molecule has 0 saturated carbocycles. The number of rotatable bonds is 4. The number of aromatic amines is 1. The number of carbonyl (C=O) groups excluding carboxylic acids is 1. The Morgan fingerprint density at radius 1 is 1.58 bits per heavy atom. The van der Waals surface area contributed by atoms with E-state index in [4.69, 9.17) is 0 Å². The average molecular weight is 325 g/mol. The van der Waals surface area contributed by atoms with Crippen molar-refractivity contribution in [1.29, 1.82) is 0 Å². The van der Waals surface area contributed by atoms with Crippen molar-refractivity contribution in [3.05, 3.63) is 51.1 Å². The molecule has 1 aromatic heterocycles. The summed E-state index contributed by atoms with van der Waals surface area (Å²) in [4.78, 5) is 23.0. The molecule has 0 aliphatic carbocycles. The van der Waals surface area contributed by atoms with Crippen LogP contribution in [0.3, 0.4) is 0 Å². The number of hydrogen-bond acceptors (Lipinski definition) is 3. The van der Waals surface area contributed by atoms with Crippen LogP contribution in [0.25, 0.3) is 0 Å². The van der Waals surface area contributed by atoms with Crippen molar-refractivity contribution < 1.29 is 4.79 Å². The molecule has 0 aliphatic heterocycles. The van der Waals surface area contributed by atoms with Gasteiger partial charge < -0.3 is 5.32 Å². The third-order valence-corrected chi connectivity index (χ3v) is 3.15. The summed E-state index contributed by atoms with van der Waals surface area (Å²) < 4.78 is 2.17. The number of amides is 1. The highest BCUT2D eigenvalue weighted by Crippen LogP contribution is 2.17. The maximum atomic E-state index is 11.8. The molecule has 2 N–H and O–H groups in total. The predicted octanol–water partition coefficient (Wildman–Crippen LogP) is 1.21. The number of aromatic nitrogens is 3. The van der Waals surface area contributed by atoms with Crippen LogP contribution < -0.4 is 11.0 Å². The first-order valence-electron chi connectivity index (χ1n) is 5.71. The Balaban J connectivity index is 1.99. The van der Waals surface area contributed by atoms with Crippen molar-refractivity contribution in [3.63, 3.8) is 0 Å². The number of H-pyrrole nitrogens is 1. The second-order valence-corrected chi connectivity index (χ2v) is 5.05. The molecule has 0 fully saturated rings. The van der Waals surface area contributed by atoms with Gasteiger partial charge in [-0.15, -0.1) is 0 Å². The number of hydrogen-bond donors (Lipinski definition) is 2. The molecule has 2 aromatic rings. The standard InChI is InChI=1S/C12H13BrN4O2/c1-8(9-3-2-4-10(13)5-9)15-11(18)6-17-7-14-16-12(17)19/h2-5,7-8H,6H2,1H3,(H,15,18)(H,16,19)/t8-/m0/s1. The van der Waals surface area contributed by atoms with Crippen LogP contribution in [0.15, 0.2) is 39.9 Å². The second-order valence-electron chi connectivity index (χ2n) is 4.13. The Hall–Kier alpha value is -1.89. The van der Waals surface area contributed by atoms with Crippen LogP contribution in [0.2, 0.25) is 0 Å². The summed E-state index contributed by atoms with van der Waals surface area (Å²) in [5.41, 5.74) is 0.590. The largest absolute Gasteiger partial charge is 0.348 e. The van der Waals surface area contributed by atoms with E-state index in [0.717, 1.165) is 10.0 Å². The molecule has 7 heteroatoms. The lowest BCUT2D eigenvalue weighted by Gasteiger charge is -2.14. The van der Waals surface area contributed by atoms with E-state index in [1.807, 2.05) is 31.2 Å². The summed E-state index contributed by atoms with van der Waals surface area (Å²) in [7, 11) is 0. The van der Waals surface area contributed by atoms with E-state index in [9.17, 15) is 9.59 Å². The van der Waals surface area contributed by atoms with Crippen molar-refractivity contribution in [2.75, 3.05) is 0 Å². The van der Waals surface area contributed by atoms with E-state index in [1.165, 1.54) is 10.9 Å². The van der Waals surface area contributed by atoms with Gasteiger partial charge in [0.15, 0.2) is 0 Å². The smallest absolute Gasteiger partial charge is 0.343 e. The number of carbonyl (C=O) groups is 1. The van der Waals surface area contributed by atoms with Gasteiger partial charge in [-0.05, 0) is 24.6 Å². The first-order valence-corrected chi connectivity index (χ1v) is 6.50. The fourth-order valence-corrected chi connectivity index (χ4v) is 2.10. The van der Waals surface area contributed by atoms with Crippen molar-refractivity contribution in [2.24, 2.45) is 0 Å². The number of nitrogens with zero attached hydrogens (tertiary/aromatic N) is 2. The Labute approximate surface area is 118 Å². The Morgan fingerprint density at radius 3 is 3.00 bits per heavy atom. The zero-order valence-corrected chi connectivity index (χ0v) is 11.8. The van der Waals surface area contributed by atoms with Gasteiger partial charge in [-0.2, -0.15) is 5.10 Å².